The topological polar surface area (TPSA) is 24.5 Å². The van der Waals surface area contributed by atoms with Crippen LogP contribution in [0.5, 0.6) is 0 Å². The van der Waals surface area contributed by atoms with Gasteiger partial charge >= 0.3 is 0 Å². The van der Waals surface area contributed by atoms with Gasteiger partial charge in [0.25, 0.3) is 0 Å². The first-order valence-electron chi connectivity index (χ1n) is 7.77. The molecule has 20 heavy (non-hydrogen) atoms. The van der Waals surface area contributed by atoms with Crippen molar-refractivity contribution in [1.82, 2.24) is 10.2 Å². The third-order valence-electron chi connectivity index (χ3n) is 4.79. The second kappa shape index (κ2) is 5.84. The van der Waals surface area contributed by atoms with Crippen molar-refractivity contribution in [2.45, 2.75) is 44.9 Å². The van der Waals surface area contributed by atoms with E-state index in [2.05, 4.69) is 35.3 Å². The van der Waals surface area contributed by atoms with Crippen LogP contribution < -0.4 is 5.32 Å². The summed E-state index contributed by atoms with van der Waals surface area (Å²) in [7, 11) is 1.84. The average molecular weight is 274 g/mol. The number of likely N-dealkylation sites (tertiary alicyclic amines) is 1. The van der Waals surface area contributed by atoms with E-state index in [0.717, 1.165) is 26.2 Å². The van der Waals surface area contributed by atoms with Gasteiger partial charge in [-0.3, -0.25) is 4.90 Å². The zero-order valence-electron chi connectivity index (χ0n) is 12.7. The number of nitrogens with one attached hydrogen (secondary N) is 1. The molecule has 2 heterocycles. The number of benzene rings is 1. The van der Waals surface area contributed by atoms with Crippen LogP contribution in [0.15, 0.2) is 18.2 Å². The third kappa shape index (κ3) is 3.05. The molecule has 1 unspecified atom stereocenters. The molecule has 0 bridgehead atoms. The maximum atomic E-state index is 5.69. The minimum Gasteiger partial charge on any atom is -0.377 e. The minimum absolute atomic E-state index is 0.0357. The number of piperidine rings is 1. The zero-order valence-corrected chi connectivity index (χ0v) is 12.7. The molecule has 3 nitrogen and oxygen atoms in total. The highest BCUT2D eigenvalue weighted by molar-refractivity contribution is 5.33. The number of methoxy groups -OCH3 is 1. The molecule has 2 aliphatic heterocycles. The van der Waals surface area contributed by atoms with Crippen molar-refractivity contribution in [3.63, 3.8) is 0 Å². The summed E-state index contributed by atoms with van der Waals surface area (Å²) in [5, 5.41) is 3.46. The summed E-state index contributed by atoms with van der Waals surface area (Å²) in [4.78, 5) is 2.53. The van der Waals surface area contributed by atoms with E-state index in [4.69, 9.17) is 4.74 Å². The monoisotopic (exact) mass is 274 g/mol. The second-order valence-electron chi connectivity index (χ2n) is 6.50. The normalized spacial score (nSPS) is 27.3. The van der Waals surface area contributed by atoms with Gasteiger partial charge in [0.1, 0.15) is 0 Å². The molecule has 1 saturated heterocycles. The maximum absolute atomic E-state index is 5.69. The lowest BCUT2D eigenvalue weighted by molar-refractivity contribution is -0.0527. The molecule has 0 amide bonds. The van der Waals surface area contributed by atoms with Crippen molar-refractivity contribution in [2.24, 2.45) is 0 Å². The van der Waals surface area contributed by atoms with Crippen LogP contribution >= 0.6 is 0 Å². The smallest absolute Gasteiger partial charge is 0.0777 e. The van der Waals surface area contributed by atoms with E-state index in [-0.39, 0.29) is 5.60 Å². The van der Waals surface area contributed by atoms with Gasteiger partial charge in [-0.1, -0.05) is 18.2 Å². The average Bonchev–Trinajstić information content (AvgIpc) is 2.47. The van der Waals surface area contributed by atoms with Crippen molar-refractivity contribution >= 4 is 0 Å². The Balaban J connectivity index is 1.68. The number of fused-ring (bicyclic) bond motifs is 1. The molecule has 1 N–H and O–H groups in total. The summed E-state index contributed by atoms with van der Waals surface area (Å²) in [5.41, 5.74) is 4.48. The van der Waals surface area contributed by atoms with E-state index in [9.17, 15) is 0 Å². The Hall–Kier alpha value is -0.900. The molecule has 0 aromatic heterocycles. The fraction of sp³-hybridized carbons (Fsp3) is 0.647. The SMILES string of the molecule is COC1(C)CCCN(Cc2ccc3c(c2)CNCC3)C1. The van der Waals surface area contributed by atoms with E-state index in [1.165, 1.54) is 42.5 Å². The van der Waals surface area contributed by atoms with E-state index in [1.807, 2.05) is 7.11 Å². The Morgan fingerprint density at radius 3 is 3.10 bits per heavy atom. The van der Waals surface area contributed by atoms with E-state index >= 15 is 0 Å². The molecule has 0 saturated carbocycles. The van der Waals surface area contributed by atoms with Gasteiger partial charge < -0.3 is 10.1 Å². The van der Waals surface area contributed by atoms with Gasteiger partial charge in [-0.05, 0) is 56.0 Å². The molecule has 0 spiro atoms. The molecular formula is C17H26N2O. The van der Waals surface area contributed by atoms with Crippen LogP contribution in [-0.2, 0) is 24.2 Å². The Bertz CT molecular complexity index is 474. The molecule has 1 aromatic rings. The van der Waals surface area contributed by atoms with E-state index in [1.54, 1.807) is 0 Å². The van der Waals surface area contributed by atoms with Crippen molar-refractivity contribution in [1.29, 1.82) is 0 Å². The van der Waals surface area contributed by atoms with Crippen LogP contribution in [0, 0.1) is 0 Å². The number of hydrogen-bond donors (Lipinski definition) is 1. The molecule has 3 rings (SSSR count). The number of nitrogens with zero attached hydrogens (tertiary/aromatic N) is 1. The number of hydrogen-bond acceptors (Lipinski definition) is 3. The molecule has 0 aliphatic carbocycles. The highest BCUT2D eigenvalue weighted by Gasteiger charge is 2.30. The predicted molar refractivity (Wildman–Crippen MR) is 81.8 cm³/mol. The first kappa shape index (κ1) is 14.1. The standard InChI is InChI=1S/C17H26N2O/c1-17(20-2)7-3-9-19(13-17)12-14-4-5-15-6-8-18-11-16(15)10-14/h4-5,10,18H,3,6-9,11-13H2,1-2H3. The number of rotatable bonds is 3. The Morgan fingerprint density at radius 2 is 2.25 bits per heavy atom. The van der Waals surface area contributed by atoms with Crippen LogP contribution in [0.3, 0.4) is 0 Å². The lowest BCUT2D eigenvalue weighted by atomic mass is 9.93. The van der Waals surface area contributed by atoms with E-state index < -0.39 is 0 Å². The second-order valence-corrected chi connectivity index (χ2v) is 6.50. The molecule has 2 aliphatic rings. The fourth-order valence-corrected chi connectivity index (χ4v) is 3.50. The van der Waals surface area contributed by atoms with Crippen molar-refractivity contribution in [2.75, 3.05) is 26.7 Å². The summed E-state index contributed by atoms with van der Waals surface area (Å²) in [5.74, 6) is 0. The first-order valence-corrected chi connectivity index (χ1v) is 7.77. The Labute approximate surface area is 122 Å². The molecule has 3 heteroatoms. The summed E-state index contributed by atoms with van der Waals surface area (Å²) >= 11 is 0. The summed E-state index contributed by atoms with van der Waals surface area (Å²) in [6.45, 7) is 7.65. The van der Waals surface area contributed by atoms with Gasteiger partial charge in [0, 0.05) is 26.7 Å². The fourth-order valence-electron chi connectivity index (χ4n) is 3.50. The van der Waals surface area contributed by atoms with Gasteiger partial charge in [-0.25, -0.2) is 0 Å². The molecule has 1 aromatic carbocycles. The summed E-state index contributed by atoms with van der Waals surface area (Å²) in [6, 6.07) is 7.02. The van der Waals surface area contributed by atoms with Gasteiger partial charge in [0.05, 0.1) is 5.60 Å². The highest BCUT2D eigenvalue weighted by atomic mass is 16.5. The largest absolute Gasteiger partial charge is 0.377 e. The van der Waals surface area contributed by atoms with Crippen molar-refractivity contribution in [3.05, 3.63) is 34.9 Å². The first-order chi connectivity index (χ1) is 9.68. The van der Waals surface area contributed by atoms with Crippen molar-refractivity contribution in [3.8, 4) is 0 Å². The maximum Gasteiger partial charge on any atom is 0.0777 e. The van der Waals surface area contributed by atoms with E-state index in [0.29, 0.717) is 0 Å². The van der Waals surface area contributed by atoms with Gasteiger partial charge in [0.15, 0.2) is 0 Å². The van der Waals surface area contributed by atoms with Crippen molar-refractivity contribution < 1.29 is 4.74 Å². The molecule has 110 valence electrons. The zero-order chi connectivity index (χ0) is 14.0. The molecule has 1 atom stereocenters. The summed E-state index contributed by atoms with van der Waals surface area (Å²) in [6.07, 6.45) is 3.58. The van der Waals surface area contributed by atoms with Crippen LogP contribution in [0.25, 0.3) is 0 Å². The van der Waals surface area contributed by atoms with Crippen LogP contribution in [-0.4, -0.2) is 37.2 Å². The lowest BCUT2D eigenvalue weighted by Gasteiger charge is -2.39. The summed E-state index contributed by atoms with van der Waals surface area (Å²) < 4.78 is 5.69. The lowest BCUT2D eigenvalue weighted by Crippen LogP contribution is -2.46. The predicted octanol–water partition coefficient (Wildman–Crippen LogP) is 2.33. The van der Waals surface area contributed by atoms with Crippen LogP contribution in [0.1, 0.15) is 36.5 Å². The van der Waals surface area contributed by atoms with Gasteiger partial charge in [-0.15, -0.1) is 0 Å². The Kier molecular flexibility index (Phi) is 4.11. The Morgan fingerprint density at radius 1 is 1.35 bits per heavy atom. The molecule has 0 radical (unpaired) electrons. The minimum atomic E-state index is 0.0357. The quantitative estimate of drug-likeness (QED) is 0.915. The van der Waals surface area contributed by atoms with Crippen LogP contribution in [0.4, 0.5) is 0 Å². The molecule has 1 fully saturated rings. The van der Waals surface area contributed by atoms with Gasteiger partial charge in [0.2, 0.25) is 0 Å². The highest BCUT2D eigenvalue weighted by Crippen LogP contribution is 2.25. The number of ether oxygens (including phenoxy) is 1. The third-order valence-corrected chi connectivity index (χ3v) is 4.79. The van der Waals surface area contributed by atoms with Gasteiger partial charge in [-0.2, -0.15) is 0 Å². The molecular weight excluding hydrogens is 248 g/mol. The van der Waals surface area contributed by atoms with Crippen LogP contribution in [0.2, 0.25) is 0 Å².